The second-order valence-electron chi connectivity index (χ2n) is 7.42. The molecule has 0 aliphatic carbocycles. The van der Waals surface area contributed by atoms with Gasteiger partial charge < -0.3 is 10.0 Å². The van der Waals surface area contributed by atoms with Gasteiger partial charge in [0.2, 0.25) is 0 Å². The highest BCUT2D eigenvalue weighted by Gasteiger charge is 2.22. The first-order valence-electron chi connectivity index (χ1n) is 9.72. The molecule has 3 rings (SSSR count). The van der Waals surface area contributed by atoms with Gasteiger partial charge in [0.05, 0.1) is 18.8 Å². The lowest BCUT2D eigenvalue weighted by atomic mass is 10.1. The first kappa shape index (κ1) is 20.0. The van der Waals surface area contributed by atoms with Crippen molar-refractivity contribution in [1.29, 1.82) is 0 Å². The molecule has 0 atom stereocenters. The number of nitrogens with one attached hydrogen (secondary N) is 2. The quantitative estimate of drug-likeness (QED) is 0.560. The minimum Gasteiger partial charge on any atom is -0.872 e. The Morgan fingerprint density at radius 3 is 2.50 bits per heavy atom. The Morgan fingerprint density at radius 2 is 1.82 bits per heavy atom. The van der Waals surface area contributed by atoms with E-state index >= 15 is 0 Å². The van der Waals surface area contributed by atoms with Crippen LogP contribution in [0, 0.1) is 6.92 Å². The molecule has 2 aromatic rings. The first-order chi connectivity index (χ1) is 13.5. The van der Waals surface area contributed by atoms with Gasteiger partial charge in [-0.25, -0.2) is 5.43 Å². The number of benzene rings is 2. The van der Waals surface area contributed by atoms with E-state index in [1.54, 1.807) is 25.1 Å². The van der Waals surface area contributed by atoms with Crippen molar-refractivity contribution >= 4 is 11.6 Å². The van der Waals surface area contributed by atoms with Crippen molar-refractivity contribution in [3.05, 3.63) is 65.2 Å². The summed E-state index contributed by atoms with van der Waals surface area (Å²) in [5, 5.41) is 15.9. The van der Waals surface area contributed by atoms with Crippen molar-refractivity contribution in [1.82, 2.24) is 10.3 Å². The summed E-state index contributed by atoms with van der Waals surface area (Å²) in [7, 11) is 0. The second kappa shape index (κ2) is 9.48. The number of carbonyl (C=O) groups is 1. The van der Waals surface area contributed by atoms with E-state index in [0.29, 0.717) is 17.8 Å². The van der Waals surface area contributed by atoms with Crippen molar-refractivity contribution in [2.45, 2.75) is 20.4 Å². The molecule has 0 aromatic heterocycles. The summed E-state index contributed by atoms with van der Waals surface area (Å²) >= 11 is 0. The van der Waals surface area contributed by atoms with Gasteiger partial charge in [-0.2, -0.15) is 5.10 Å². The monoisotopic (exact) mass is 380 g/mol. The van der Waals surface area contributed by atoms with Crippen LogP contribution in [0.25, 0.3) is 0 Å². The highest BCUT2D eigenvalue weighted by Crippen LogP contribution is 2.12. The third-order valence-electron chi connectivity index (χ3n) is 5.13. The molecule has 1 aliphatic heterocycles. The van der Waals surface area contributed by atoms with E-state index in [1.807, 2.05) is 0 Å². The molecule has 6 nitrogen and oxygen atoms in total. The predicted octanol–water partition coefficient (Wildman–Crippen LogP) is 0.310. The summed E-state index contributed by atoms with van der Waals surface area (Å²) in [6.07, 6.45) is 0. The number of hydrogen-bond donors (Lipinski definition) is 2. The summed E-state index contributed by atoms with van der Waals surface area (Å²) in [6, 6.07) is 15.4. The summed E-state index contributed by atoms with van der Waals surface area (Å²) in [4.78, 5) is 15.9. The van der Waals surface area contributed by atoms with Gasteiger partial charge in [-0.1, -0.05) is 59.8 Å². The van der Waals surface area contributed by atoms with Crippen LogP contribution < -0.4 is 15.4 Å². The Bertz CT molecular complexity index is 825. The van der Waals surface area contributed by atoms with Gasteiger partial charge in [0.1, 0.15) is 0 Å². The van der Waals surface area contributed by atoms with Crippen LogP contribution in [0.2, 0.25) is 0 Å². The number of aryl methyl sites for hydroxylation is 1. The standard InChI is InChI=1S/C22H28N4O2/c1-17-7-9-19(10-8-17)15-25-11-13-26(14-12-25)16-22(28)24-23-18(2)20-5-3-4-6-21(20)27/h3-10,27H,11-16H2,1-2H3,(H,24,28). The molecule has 1 amide bonds. The molecule has 2 aromatic carbocycles. The van der Waals surface area contributed by atoms with Crippen molar-refractivity contribution < 1.29 is 14.8 Å². The van der Waals surface area contributed by atoms with Crippen molar-refractivity contribution in [2.75, 3.05) is 32.7 Å². The number of quaternary nitrogens is 1. The largest absolute Gasteiger partial charge is 0.872 e. The molecule has 1 fully saturated rings. The van der Waals surface area contributed by atoms with Crippen LogP contribution in [0.4, 0.5) is 0 Å². The third-order valence-corrected chi connectivity index (χ3v) is 5.13. The number of rotatable bonds is 6. The summed E-state index contributed by atoms with van der Waals surface area (Å²) < 4.78 is 0. The van der Waals surface area contributed by atoms with Gasteiger partial charge in [0.25, 0.3) is 5.91 Å². The summed E-state index contributed by atoms with van der Waals surface area (Å²) in [6.45, 7) is 9.00. The van der Waals surface area contributed by atoms with Crippen molar-refractivity contribution in [3.8, 4) is 5.75 Å². The molecular formula is C22H28N4O2. The zero-order valence-electron chi connectivity index (χ0n) is 16.6. The minimum atomic E-state index is -0.121. The lowest BCUT2D eigenvalue weighted by molar-refractivity contribution is -0.896. The molecule has 0 saturated carbocycles. The van der Waals surface area contributed by atoms with Crippen molar-refractivity contribution in [3.63, 3.8) is 0 Å². The number of hydrogen-bond acceptors (Lipinski definition) is 4. The fourth-order valence-electron chi connectivity index (χ4n) is 3.39. The average Bonchev–Trinajstić information content (AvgIpc) is 2.70. The molecule has 148 valence electrons. The Kier molecular flexibility index (Phi) is 6.79. The highest BCUT2D eigenvalue weighted by atomic mass is 16.3. The molecule has 0 spiro atoms. The highest BCUT2D eigenvalue weighted by molar-refractivity contribution is 6.01. The number of para-hydroxylation sites is 1. The van der Waals surface area contributed by atoms with Crippen LogP contribution >= 0.6 is 0 Å². The topological polar surface area (TPSA) is 72.2 Å². The van der Waals surface area contributed by atoms with Crippen LogP contribution in [-0.2, 0) is 11.3 Å². The first-order valence-corrected chi connectivity index (χ1v) is 9.72. The Balaban J connectivity index is 1.43. The van der Waals surface area contributed by atoms with E-state index in [9.17, 15) is 9.90 Å². The number of amides is 1. The molecule has 1 aliphatic rings. The second-order valence-corrected chi connectivity index (χ2v) is 7.42. The fourth-order valence-corrected chi connectivity index (χ4v) is 3.39. The predicted molar refractivity (Wildman–Crippen MR) is 108 cm³/mol. The van der Waals surface area contributed by atoms with Gasteiger partial charge in [0, 0.05) is 19.6 Å². The molecule has 0 unspecified atom stereocenters. The molecule has 0 radical (unpaired) electrons. The van der Waals surface area contributed by atoms with Gasteiger partial charge in [0.15, 0.2) is 6.54 Å². The summed E-state index contributed by atoms with van der Waals surface area (Å²) in [5.74, 6) is -0.210. The van der Waals surface area contributed by atoms with Gasteiger partial charge in [-0.15, -0.1) is 0 Å². The van der Waals surface area contributed by atoms with Gasteiger partial charge >= 0.3 is 0 Å². The van der Waals surface area contributed by atoms with E-state index in [0.717, 1.165) is 32.7 Å². The van der Waals surface area contributed by atoms with E-state index in [2.05, 4.69) is 46.6 Å². The Morgan fingerprint density at radius 1 is 1.14 bits per heavy atom. The lowest BCUT2D eigenvalue weighted by Crippen LogP contribution is -3.15. The van der Waals surface area contributed by atoms with E-state index < -0.39 is 0 Å². The number of piperazine rings is 1. The average molecular weight is 380 g/mol. The summed E-state index contributed by atoms with van der Waals surface area (Å²) in [5.41, 5.74) is 6.23. The zero-order chi connectivity index (χ0) is 19.9. The van der Waals surface area contributed by atoms with Crippen LogP contribution in [0.3, 0.4) is 0 Å². The van der Waals surface area contributed by atoms with Crippen molar-refractivity contribution in [2.24, 2.45) is 5.10 Å². The Labute approximate surface area is 166 Å². The molecule has 28 heavy (non-hydrogen) atoms. The van der Waals surface area contributed by atoms with Gasteiger partial charge in [-0.3, -0.25) is 9.69 Å². The van der Waals surface area contributed by atoms with E-state index in [4.69, 9.17) is 0 Å². The molecule has 1 heterocycles. The molecule has 1 saturated heterocycles. The maximum absolute atomic E-state index is 12.2. The Hall–Kier alpha value is -2.70. The molecule has 2 N–H and O–H groups in total. The van der Waals surface area contributed by atoms with Crippen LogP contribution in [0.1, 0.15) is 23.6 Å². The van der Waals surface area contributed by atoms with Gasteiger partial charge in [-0.05, 0) is 25.0 Å². The normalized spacial score (nSPS) is 16.1. The van der Waals surface area contributed by atoms with E-state index in [1.165, 1.54) is 22.1 Å². The fraction of sp³-hybridized carbons (Fsp3) is 0.364. The molecular weight excluding hydrogens is 352 g/mol. The molecule has 6 heteroatoms. The minimum absolute atomic E-state index is 0.0895. The maximum atomic E-state index is 12.2. The van der Waals surface area contributed by atoms with Crippen LogP contribution in [0.5, 0.6) is 5.75 Å². The van der Waals surface area contributed by atoms with Crippen LogP contribution in [-0.4, -0.2) is 49.2 Å². The number of hydrazone groups is 1. The number of carbonyl (C=O) groups excluding carboxylic acids is 1. The molecule has 0 bridgehead atoms. The maximum Gasteiger partial charge on any atom is 0.295 e. The lowest BCUT2D eigenvalue weighted by Gasteiger charge is -2.31. The SMILES string of the molecule is CC(=NNC(=O)C[NH+]1CCN(Cc2ccc(C)cc2)CC1)c1ccccc1[O-]. The zero-order valence-corrected chi connectivity index (χ0v) is 16.6. The third kappa shape index (κ3) is 5.65. The van der Waals surface area contributed by atoms with Crippen LogP contribution in [0.15, 0.2) is 53.6 Å². The number of nitrogens with zero attached hydrogens (tertiary/aromatic N) is 2. The van der Waals surface area contributed by atoms with E-state index in [-0.39, 0.29) is 11.7 Å². The smallest absolute Gasteiger partial charge is 0.295 e.